The van der Waals surface area contributed by atoms with Crippen molar-refractivity contribution in [2.24, 2.45) is 0 Å². The molecule has 0 spiro atoms. The van der Waals surface area contributed by atoms with E-state index in [4.69, 9.17) is 14.0 Å². The SMILES string of the molecule is CC(C)OB(OC(C)C)OC(C)C.[H-].[H-].[Mg+2]. The van der Waals surface area contributed by atoms with Gasteiger partial charge in [0.15, 0.2) is 0 Å². The molecule has 0 atom stereocenters. The van der Waals surface area contributed by atoms with Gasteiger partial charge in [-0.2, -0.15) is 0 Å². The predicted molar refractivity (Wildman–Crippen MR) is 62.4 cm³/mol. The van der Waals surface area contributed by atoms with Crippen molar-refractivity contribution in [1.82, 2.24) is 0 Å². The molecule has 0 heterocycles. The Morgan fingerprint density at radius 2 is 0.929 bits per heavy atom. The van der Waals surface area contributed by atoms with Crippen molar-refractivity contribution in [3.63, 3.8) is 0 Å². The van der Waals surface area contributed by atoms with E-state index in [1.807, 2.05) is 41.5 Å². The van der Waals surface area contributed by atoms with Crippen molar-refractivity contribution in [3.05, 3.63) is 0 Å². The molecule has 5 heteroatoms. The zero-order valence-electron chi connectivity index (χ0n) is 12.2. The molecule has 0 amide bonds. The van der Waals surface area contributed by atoms with Crippen LogP contribution in [-0.2, 0) is 14.0 Å². The quantitative estimate of drug-likeness (QED) is 0.634. The van der Waals surface area contributed by atoms with E-state index in [1.54, 1.807) is 0 Å². The molecule has 0 aromatic rings. The molecule has 0 aliphatic rings. The molecule has 0 aliphatic carbocycles. The zero-order valence-corrected chi connectivity index (χ0v) is 11.7. The zero-order chi connectivity index (χ0) is 10.4. The Balaban J connectivity index is -0.000000240. The smallest absolute Gasteiger partial charge is 1.00 e. The van der Waals surface area contributed by atoms with Gasteiger partial charge in [0.2, 0.25) is 0 Å². The van der Waals surface area contributed by atoms with Gasteiger partial charge in [-0.15, -0.1) is 0 Å². The summed E-state index contributed by atoms with van der Waals surface area (Å²) in [6.07, 6.45) is 0.340. The summed E-state index contributed by atoms with van der Waals surface area (Å²) >= 11 is 0. The molecule has 0 saturated carbocycles. The van der Waals surface area contributed by atoms with E-state index >= 15 is 0 Å². The molecule has 0 saturated heterocycles. The third-order valence-corrected chi connectivity index (χ3v) is 1.15. The van der Waals surface area contributed by atoms with Gasteiger partial charge in [0, 0.05) is 18.3 Å². The first-order valence-electron chi connectivity index (χ1n) is 4.88. The Morgan fingerprint density at radius 3 is 1.07 bits per heavy atom. The Hall–Kier alpha value is 0.711. The molecule has 14 heavy (non-hydrogen) atoms. The fourth-order valence-electron chi connectivity index (χ4n) is 0.763. The molecule has 0 rings (SSSR count). The fourth-order valence-corrected chi connectivity index (χ4v) is 0.763. The summed E-state index contributed by atoms with van der Waals surface area (Å²) in [7, 11) is -0.542. The number of rotatable bonds is 6. The van der Waals surface area contributed by atoms with Gasteiger partial charge in [0.05, 0.1) is 0 Å². The summed E-state index contributed by atoms with van der Waals surface area (Å²) in [6, 6.07) is 0. The maximum Gasteiger partial charge on any atom is 2.00 e. The average molecular weight is 214 g/mol. The van der Waals surface area contributed by atoms with E-state index in [2.05, 4.69) is 0 Å². The molecule has 0 radical (unpaired) electrons. The van der Waals surface area contributed by atoms with Crippen LogP contribution in [0, 0.1) is 0 Å². The maximum absolute atomic E-state index is 5.43. The second kappa shape index (κ2) is 8.97. The van der Waals surface area contributed by atoms with E-state index in [0.29, 0.717) is 0 Å². The Bertz CT molecular complexity index is 116. The summed E-state index contributed by atoms with van der Waals surface area (Å²) in [5.41, 5.74) is 0. The molecule has 82 valence electrons. The summed E-state index contributed by atoms with van der Waals surface area (Å²) in [5, 5.41) is 0. The van der Waals surface area contributed by atoms with Crippen molar-refractivity contribution in [3.8, 4) is 0 Å². The molecule has 0 unspecified atom stereocenters. The van der Waals surface area contributed by atoms with Crippen LogP contribution in [0.25, 0.3) is 0 Å². The van der Waals surface area contributed by atoms with Gasteiger partial charge in [-0.25, -0.2) is 0 Å². The molecular formula is C9H23BMgO3. The normalized spacial score (nSPS) is 10.9. The van der Waals surface area contributed by atoms with Crippen molar-refractivity contribution in [2.45, 2.75) is 59.9 Å². The largest absolute Gasteiger partial charge is 2.00 e. The van der Waals surface area contributed by atoms with Crippen LogP contribution in [0.4, 0.5) is 0 Å². The summed E-state index contributed by atoms with van der Waals surface area (Å²) in [6.45, 7) is 11.8. The van der Waals surface area contributed by atoms with Gasteiger partial charge in [-0.3, -0.25) is 0 Å². The predicted octanol–water partition coefficient (Wildman–Crippen LogP) is 2.09. The second-order valence-corrected chi connectivity index (χ2v) is 3.84. The number of hydrogen-bond acceptors (Lipinski definition) is 3. The first kappa shape index (κ1) is 17.1. The second-order valence-electron chi connectivity index (χ2n) is 3.84. The molecule has 0 aromatic heterocycles. The molecule has 0 aromatic carbocycles. The minimum absolute atomic E-state index is 0. The van der Waals surface area contributed by atoms with Crippen LogP contribution < -0.4 is 0 Å². The fraction of sp³-hybridized carbons (Fsp3) is 1.00. The summed E-state index contributed by atoms with van der Waals surface area (Å²) in [4.78, 5) is 0. The van der Waals surface area contributed by atoms with E-state index in [-0.39, 0.29) is 44.2 Å². The van der Waals surface area contributed by atoms with Crippen LogP contribution in [0.2, 0.25) is 0 Å². The molecule has 3 nitrogen and oxygen atoms in total. The van der Waals surface area contributed by atoms with E-state index in [1.165, 1.54) is 0 Å². The third kappa shape index (κ3) is 10.8. The standard InChI is InChI=1S/C9H21BO3.Mg.2H/c1-7(2)11-10(12-8(3)4)13-9(5)6;;;/h7-9H,1-6H3;;;/q;+2;2*-1. The number of hydrogen-bond donors (Lipinski definition) is 0. The Labute approximate surface area is 107 Å². The monoisotopic (exact) mass is 214 g/mol. The van der Waals surface area contributed by atoms with Gasteiger partial charge in [-0.05, 0) is 41.5 Å². The van der Waals surface area contributed by atoms with Crippen LogP contribution in [0.3, 0.4) is 0 Å². The van der Waals surface area contributed by atoms with Crippen LogP contribution in [-0.4, -0.2) is 48.7 Å². The van der Waals surface area contributed by atoms with Crippen LogP contribution >= 0.6 is 0 Å². The summed E-state index contributed by atoms with van der Waals surface area (Å²) in [5.74, 6) is 0. The van der Waals surface area contributed by atoms with Gasteiger partial charge >= 0.3 is 30.4 Å². The minimum Gasteiger partial charge on any atom is -1.00 e. The molecule has 0 aliphatic heterocycles. The minimum atomic E-state index is -0.542. The molecular weight excluding hydrogens is 191 g/mol. The first-order valence-corrected chi connectivity index (χ1v) is 4.88. The topological polar surface area (TPSA) is 27.7 Å². The first-order chi connectivity index (χ1) is 5.91. The van der Waals surface area contributed by atoms with E-state index < -0.39 is 7.32 Å². The van der Waals surface area contributed by atoms with Gasteiger partial charge in [-0.1, -0.05) is 0 Å². The molecule has 0 fully saturated rings. The van der Waals surface area contributed by atoms with Crippen LogP contribution in [0.5, 0.6) is 0 Å². The van der Waals surface area contributed by atoms with Crippen LogP contribution in [0.1, 0.15) is 44.4 Å². The Kier molecular flexibility index (Phi) is 11.0. The molecule has 0 bridgehead atoms. The van der Waals surface area contributed by atoms with Crippen molar-refractivity contribution in [1.29, 1.82) is 0 Å². The van der Waals surface area contributed by atoms with Crippen molar-refractivity contribution < 1.29 is 16.8 Å². The summed E-state index contributed by atoms with van der Waals surface area (Å²) < 4.78 is 16.3. The maximum atomic E-state index is 5.43. The molecule has 0 N–H and O–H groups in total. The average Bonchev–Trinajstić information content (AvgIpc) is 1.80. The van der Waals surface area contributed by atoms with Gasteiger partial charge in [0.25, 0.3) is 0 Å². The Morgan fingerprint density at radius 1 is 0.714 bits per heavy atom. The third-order valence-electron chi connectivity index (χ3n) is 1.15. The van der Waals surface area contributed by atoms with E-state index in [0.717, 1.165) is 0 Å². The van der Waals surface area contributed by atoms with E-state index in [9.17, 15) is 0 Å². The van der Waals surface area contributed by atoms with Gasteiger partial charge < -0.3 is 16.8 Å². The van der Waals surface area contributed by atoms with Crippen LogP contribution in [0.15, 0.2) is 0 Å². The van der Waals surface area contributed by atoms with Crippen molar-refractivity contribution >= 4 is 30.4 Å². The van der Waals surface area contributed by atoms with Crippen molar-refractivity contribution in [2.75, 3.05) is 0 Å². The van der Waals surface area contributed by atoms with Gasteiger partial charge in [0.1, 0.15) is 0 Å².